The summed E-state index contributed by atoms with van der Waals surface area (Å²) in [5.41, 5.74) is 0.773. The molecule has 1 aliphatic heterocycles. The van der Waals surface area contributed by atoms with Gasteiger partial charge in [-0.15, -0.1) is 0 Å². The molecule has 152 valence electrons. The SMILES string of the molecule is CC(C)S(=O)(=O)N1CCN(C(=O)COCc2nc(-c3ccncc3)no2)CC1. The highest BCUT2D eigenvalue weighted by Crippen LogP contribution is 2.15. The summed E-state index contributed by atoms with van der Waals surface area (Å²) >= 11 is 0. The van der Waals surface area contributed by atoms with E-state index in [0.29, 0.717) is 32.0 Å². The summed E-state index contributed by atoms with van der Waals surface area (Å²) in [5, 5.41) is 3.40. The summed E-state index contributed by atoms with van der Waals surface area (Å²) < 4.78 is 36.3. The Morgan fingerprint density at radius 1 is 1.21 bits per heavy atom. The zero-order valence-corrected chi connectivity index (χ0v) is 16.6. The van der Waals surface area contributed by atoms with Gasteiger partial charge < -0.3 is 14.2 Å². The molecule has 2 aromatic heterocycles. The van der Waals surface area contributed by atoms with Crippen LogP contribution in [0.4, 0.5) is 0 Å². The number of carbonyl (C=O) groups is 1. The minimum absolute atomic E-state index is 0.0194. The van der Waals surface area contributed by atoms with Gasteiger partial charge >= 0.3 is 0 Å². The monoisotopic (exact) mass is 409 g/mol. The van der Waals surface area contributed by atoms with Crippen LogP contribution in [0.1, 0.15) is 19.7 Å². The van der Waals surface area contributed by atoms with Crippen LogP contribution in [-0.2, 0) is 26.2 Å². The van der Waals surface area contributed by atoms with Crippen molar-refractivity contribution in [2.75, 3.05) is 32.8 Å². The molecule has 0 bridgehead atoms. The second-order valence-corrected chi connectivity index (χ2v) is 9.10. The molecule has 3 rings (SSSR count). The largest absolute Gasteiger partial charge is 0.362 e. The van der Waals surface area contributed by atoms with Gasteiger partial charge in [0.25, 0.3) is 5.89 Å². The smallest absolute Gasteiger partial charge is 0.252 e. The third kappa shape index (κ3) is 4.72. The van der Waals surface area contributed by atoms with Crippen LogP contribution in [0.2, 0.25) is 0 Å². The molecular formula is C17H23N5O5S. The lowest BCUT2D eigenvalue weighted by molar-refractivity contribution is -0.138. The zero-order valence-electron chi connectivity index (χ0n) is 15.8. The number of hydrogen-bond donors (Lipinski definition) is 0. The van der Waals surface area contributed by atoms with Gasteiger partial charge in [0.05, 0.1) is 5.25 Å². The van der Waals surface area contributed by atoms with Gasteiger partial charge in [-0.2, -0.15) is 9.29 Å². The van der Waals surface area contributed by atoms with Crippen LogP contribution in [0.5, 0.6) is 0 Å². The third-order valence-electron chi connectivity index (χ3n) is 4.40. The molecule has 0 radical (unpaired) electrons. The summed E-state index contributed by atoms with van der Waals surface area (Å²) in [5.74, 6) is 0.498. The van der Waals surface area contributed by atoms with Gasteiger partial charge in [0.1, 0.15) is 13.2 Å². The number of nitrogens with zero attached hydrogens (tertiary/aromatic N) is 5. The van der Waals surface area contributed by atoms with E-state index >= 15 is 0 Å². The van der Waals surface area contributed by atoms with Crippen molar-refractivity contribution in [2.45, 2.75) is 25.7 Å². The maximum Gasteiger partial charge on any atom is 0.252 e. The van der Waals surface area contributed by atoms with E-state index in [4.69, 9.17) is 9.26 Å². The van der Waals surface area contributed by atoms with Crippen LogP contribution < -0.4 is 0 Å². The van der Waals surface area contributed by atoms with Crippen LogP contribution in [-0.4, -0.2) is 76.7 Å². The number of aromatic nitrogens is 3. The number of carbonyl (C=O) groups excluding carboxylic acids is 1. The van der Waals surface area contributed by atoms with Crippen LogP contribution in [0.15, 0.2) is 29.0 Å². The predicted octanol–water partition coefficient (Wildman–Crippen LogP) is 0.531. The van der Waals surface area contributed by atoms with Gasteiger partial charge in [0.2, 0.25) is 21.8 Å². The van der Waals surface area contributed by atoms with Gasteiger partial charge in [-0.05, 0) is 26.0 Å². The van der Waals surface area contributed by atoms with Crippen molar-refractivity contribution in [1.29, 1.82) is 0 Å². The van der Waals surface area contributed by atoms with Crippen molar-refractivity contribution >= 4 is 15.9 Å². The second-order valence-electron chi connectivity index (χ2n) is 6.61. The average Bonchev–Trinajstić information content (AvgIpc) is 3.17. The molecule has 10 nitrogen and oxygen atoms in total. The predicted molar refractivity (Wildman–Crippen MR) is 99.4 cm³/mol. The topological polar surface area (TPSA) is 119 Å². The summed E-state index contributed by atoms with van der Waals surface area (Å²) in [6.45, 7) is 4.48. The molecule has 1 fully saturated rings. The van der Waals surface area contributed by atoms with E-state index in [9.17, 15) is 13.2 Å². The number of pyridine rings is 1. The minimum Gasteiger partial charge on any atom is -0.362 e. The molecule has 1 amide bonds. The fourth-order valence-corrected chi connectivity index (χ4v) is 4.01. The summed E-state index contributed by atoms with van der Waals surface area (Å²) in [7, 11) is -3.29. The molecule has 0 N–H and O–H groups in total. The van der Waals surface area contributed by atoms with E-state index in [1.807, 2.05) is 0 Å². The summed E-state index contributed by atoms with van der Waals surface area (Å²) in [6.07, 6.45) is 3.26. The average molecular weight is 409 g/mol. The first-order chi connectivity index (χ1) is 13.4. The summed E-state index contributed by atoms with van der Waals surface area (Å²) in [4.78, 5) is 22.0. The van der Waals surface area contributed by atoms with Gasteiger partial charge in [-0.25, -0.2) is 8.42 Å². The molecule has 28 heavy (non-hydrogen) atoms. The molecule has 0 aliphatic carbocycles. The Kier molecular flexibility index (Phi) is 6.37. The van der Waals surface area contributed by atoms with Gasteiger partial charge in [-0.3, -0.25) is 9.78 Å². The molecule has 3 heterocycles. The second kappa shape index (κ2) is 8.76. The normalized spacial score (nSPS) is 15.9. The van der Waals surface area contributed by atoms with E-state index in [0.717, 1.165) is 5.56 Å². The molecule has 0 aromatic carbocycles. The first-order valence-corrected chi connectivity index (χ1v) is 10.5. The van der Waals surface area contributed by atoms with Gasteiger partial charge in [0.15, 0.2) is 0 Å². The first-order valence-electron chi connectivity index (χ1n) is 8.95. The zero-order chi connectivity index (χ0) is 20.1. The Hall–Kier alpha value is -2.37. The van der Waals surface area contributed by atoms with Crippen LogP contribution in [0.3, 0.4) is 0 Å². The highest BCUT2D eigenvalue weighted by molar-refractivity contribution is 7.89. The van der Waals surface area contributed by atoms with Crippen LogP contribution in [0.25, 0.3) is 11.4 Å². The Balaban J connectivity index is 1.44. The molecule has 11 heteroatoms. The minimum atomic E-state index is -3.29. The lowest BCUT2D eigenvalue weighted by atomic mass is 10.2. The Bertz CT molecular complexity index is 892. The molecule has 1 saturated heterocycles. The Labute approximate surface area is 163 Å². The van der Waals surface area contributed by atoms with Crippen molar-refractivity contribution in [3.8, 4) is 11.4 Å². The third-order valence-corrected chi connectivity index (χ3v) is 6.68. The van der Waals surface area contributed by atoms with E-state index < -0.39 is 15.3 Å². The van der Waals surface area contributed by atoms with E-state index in [1.165, 1.54) is 4.31 Å². The van der Waals surface area contributed by atoms with E-state index in [-0.39, 0.29) is 25.0 Å². The number of sulfonamides is 1. The molecular weight excluding hydrogens is 386 g/mol. The standard InChI is InChI=1S/C17H23N5O5S/c1-13(2)28(24,25)22-9-7-21(8-10-22)16(23)12-26-11-15-19-17(20-27-15)14-3-5-18-6-4-14/h3-6,13H,7-12H2,1-2H3. The van der Waals surface area contributed by atoms with Crippen LogP contribution >= 0.6 is 0 Å². The van der Waals surface area contributed by atoms with Crippen LogP contribution in [0, 0.1) is 0 Å². The van der Waals surface area contributed by atoms with Crippen molar-refractivity contribution in [3.05, 3.63) is 30.4 Å². The Morgan fingerprint density at radius 3 is 2.54 bits per heavy atom. The number of hydrogen-bond acceptors (Lipinski definition) is 8. The molecule has 0 atom stereocenters. The fraction of sp³-hybridized carbons (Fsp3) is 0.529. The first kappa shape index (κ1) is 20.4. The highest BCUT2D eigenvalue weighted by atomic mass is 32.2. The lowest BCUT2D eigenvalue weighted by Crippen LogP contribution is -2.52. The number of ether oxygens (including phenoxy) is 1. The maximum absolute atomic E-state index is 12.3. The van der Waals surface area contributed by atoms with Gasteiger partial charge in [-0.1, -0.05) is 5.16 Å². The molecule has 1 aliphatic rings. The summed E-state index contributed by atoms with van der Waals surface area (Å²) in [6, 6.07) is 3.52. The van der Waals surface area contributed by atoms with Crippen molar-refractivity contribution < 1.29 is 22.5 Å². The lowest BCUT2D eigenvalue weighted by Gasteiger charge is -2.34. The van der Waals surface area contributed by atoms with Crippen molar-refractivity contribution in [1.82, 2.24) is 24.3 Å². The number of piperazine rings is 1. The quantitative estimate of drug-likeness (QED) is 0.650. The van der Waals surface area contributed by atoms with E-state index in [1.54, 1.807) is 43.3 Å². The van der Waals surface area contributed by atoms with Gasteiger partial charge in [0, 0.05) is 44.1 Å². The maximum atomic E-state index is 12.3. The molecule has 0 spiro atoms. The Morgan fingerprint density at radius 2 is 1.89 bits per heavy atom. The van der Waals surface area contributed by atoms with Crippen molar-refractivity contribution in [3.63, 3.8) is 0 Å². The fourth-order valence-electron chi connectivity index (χ4n) is 2.74. The van der Waals surface area contributed by atoms with Crippen molar-refractivity contribution in [2.24, 2.45) is 0 Å². The molecule has 0 saturated carbocycles. The van der Waals surface area contributed by atoms with E-state index in [2.05, 4.69) is 15.1 Å². The highest BCUT2D eigenvalue weighted by Gasteiger charge is 2.30. The molecule has 0 unspecified atom stereocenters. The number of amides is 1. The number of rotatable bonds is 7. The molecule has 2 aromatic rings.